The number of carbonyl (C=O) groups excluding carboxylic acids is 1. The van der Waals surface area contributed by atoms with Crippen LogP contribution in [0.3, 0.4) is 0 Å². The summed E-state index contributed by atoms with van der Waals surface area (Å²) >= 11 is 0. The zero-order chi connectivity index (χ0) is 16.7. The van der Waals surface area contributed by atoms with Gasteiger partial charge in [0.05, 0.1) is 21.7 Å². The van der Waals surface area contributed by atoms with E-state index in [1.54, 1.807) is 18.2 Å². The normalized spacial score (nSPS) is 16.5. The summed E-state index contributed by atoms with van der Waals surface area (Å²) in [6, 6.07) is 15.5. The van der Waals surface area contributed by atoms with Gasteiger partial charge < -0.3 is 4.74 Å². The quantitative estimate of drug-likeness (QED) is 0.409. The Labute approximate surface area is 136 Å². The average Bonchev–Trinajstić information content (AvgIpc) is 2.60. The first-order valence-corrected chi connectivity index (χ1v) is 7.46. The minimum atomic E-state index is -0.571. The monoisotopic (exact) mass is 320 g/mol. The molecule has 0 radical (unpaired) electrons. The van der Waals surface area contributed by atoms with Crippen molar-refractivity contribution in [3.63, 3.8) is 0 Å². The fourth-order valence-electron chi connectivity index (χ4n) is 2.92. The van der Waals surface area contributed by atoms with Gasteiger partial charge in [0, 0.05) is 23.9 Å². The van der Waals surface area contributed by atoms with Gasteiger partial charge in [-0.2, -0.15) is 0 Å². The van der Waals surface area contributed by atoms with E-state index in [-0.39, 0.29) is 5.69 Å². The van der Waals surface area contributed by atoms with Gasteiger partial charge in [-0.25, -0.2) is 4.79 Å². The Morgan fingerprint density at radius 1 is 1.12 bits per heavy atom. The van der Waals surface area contributed by atoms with Crippen molar-refractivity contribution in [3.8, 4) is 0 Å². The van der Waals surface area contributed by atoms with Crippen molar-refractivity contribution in [1.29, 1.82) is 0 Å². The van der Waals surface area contributed by atoms with E-state index in [1.807, 2.05) is 24.3 Å². The molecule has 1 aromatic heterocycles. The third-order valence-corrected chi connectivity index (χ3v) is 4.10. The third-order valence-electron chi connectivity index (χ3n) is 4.10. The first kappa shape index (κ1) is 14.3. The minimum Gasteiger partial charge on any atom is -0.453 e. The molecule has 1 unspecified atom stereocenters. The molecule has 0 N–H and O–H groups in total. The topological polar surface area (TPSA) is 82.3 Å². The van der Waals surface area contributed by atoms with E-state index >= 15 is 0 Å². The van der Waals surface area contributed by atoms with Crippen molar-refractivity contribution >= 4 is 22.6 Å². The van der Waals surface area contributed by atoms with Crippen molar-refractivity contribution in [2.75, 3.05) is 0 Å². The van der Waals surface area contributed by atoms with E-state index in [2.05, 4.69) is 4.98 Å². The predicted molar refractivity (Wildman–Crippen MR) is 86.7 cm³/mol. The molecule has 0 fully saturated rings. The fraction of sp³-hybridized carbons (Fsp3) is 0.111. The van der Waals surface area contributed by atoms with Crippen molar-refractivity contribution in [2.24, 2.45) is 0 Å². The molecule has 0 aliphatic carbocycles. The Morgan fingerprint density at radius 3 is 2.79 bits per heavy atom. The molecule has 0 saturated heterocycles. The highest BCUT2D eigenvalue weighted by Gasteiger charge is 2.29. The second kappa shape index (κ2) is 5.42. The van der Waals surface area contributed by atoms with Gasteiger partial charge in [0.15, 0.2) is 0 Å². The zero-order valence-corrected chi connectivity index (χ0v) is 12.5. The molecule has 2 heterocycles. The number of cyclic esters (lactones) is 1. The number of rotatable bonds is 2. The number of pyridine rings is 1. The maximum absolute atomic E-state index is 12.3. The van der Waals surface area contributed by atoms with E-state index in [0.29, 0.717) is 23.2 Å². The number of nitro groups is 1. The van der Waals surface area contributed by atoms with Crippen LogP contribution in [0.2, 0.25) is 0 Å². The highest BCUT2D eigenvalue weighted by atomic mass is 16.6. The first-order chi connectivity index (χ1) is 11.6. The summed E-state index contributed by atoms with van der Waals surface area (Å²) in [6.45, 7) is 0. The van der Waals surface area contributed by atoms with Gasteiger partial charge in [0.2, 0.25) is 0 Å². The van der Waals surface area contributed by atoms with Crippen LogP contribution in [0.4, 0.5) is 5.69 Å². The molecule has 3 aromatic rings. The first-order valence-electron chi connectivity index (χ1n) is 7.46. The van der Waals surface area contributed by atoms with Crippen LogP contribution in [0.5, 0.6) is 0 Å². The summed E-state index contributed by atoms with van der Waals surface area (Å²) in [7, 11) is 0. The van der Waals surface area contributed by atoms with Crippen LogP contribution in [-0.2, 0) is 11.2 Å². The average molecular weight is 320 g/mol. The molecule has 0 spiro atoms. The minimum absolute atomic E-state index is 0.0270. The Bertz CT molecular complexity index is 984. The van der Waals surface area contributed by atoms with E-state index in [0.717, 1.165) is 10.9 Å². The number of benzene rings is 2. The van der Waals surface area contributed by atoms with Crippen LogP contribution in [-0.4, -0.2) is 15.9 Å². The number of non-ortho nitro benzene ring substituents is 1. The maximum Gasteiger partial charge on any atom is 0.340 e. The van der Waals surface area contributed by atoms with Gasteiger partial charge in [0.25, 0.3) is 5.69 Å². The SMILES string of the molecule is O=C1OC(c2cccc([N+](=O)[O-])c2)Cc2nc3ccccc3cc21. The van der Waals surface area contributed by atoms with Crippen molar-refractivity contribution in [3.05, 3.63) is 81.5 Å². The molecular weight excluding hydrogens is 308 g/mol. The molecule has 0 saturated carbocycles. The Balaban J connectivity index is 1.76. The number of carbonyl (C=O) groups is 1. The lowest BCUT2D eigenvalue weighted by atomic mass is 9.97. The number of hydrogen-bond acceptors (Lipinski definition) is 5. The van der Waals surface area contributed by atoms with Crippen molar-refractivity contribution in [2.45, 2.75) is 12.5 Å². The Kier molecular flexibility index (Phi) is 3.23. The van der Waals surface area contributed by atoms with Gasteiger partial charge in [-0.1, -0.05) is 30.3 Å². The molecule has 1 aliphatic rings. The third kappa shape index (κ3) is 2.38. The highest BCUT2D eigenvalue weighted by Crippen LogP contribution is 2.32. The van der Waals surface area contributed by atoms with Crippen molar-refractivity contribution < 1.29 is 14.5 Å². The molecule has 2 aromatic carbocycles. The second-order valence-corrected chi connectivity index (χ2v) is 5.63. The second-order valence-electron chi connectivity index (χ2n) is 5.63. The molecule has 4 rings (SSSR count). The van der Waals surface area contributed by atoms with Crippen LogP contribution >= 0.6 is 0 Å². The van der Waals surface area contributed by atoms with E-state index < -0.39 is 17.0 Å². The molecule has 6 heteroatoms. The number of nitrogens with zero attached hydrogens (tertiary/aromatic N) is 2. The van der Waals surface area contributed by atoms with Gasteiger partial charge >= 0.3 is 5.97 Å². The molecule has 24 heavy (non-hydrogen) atoms. The van der Waals surface area contributed by atoms with Crippen LogP contribution in [0.25, 0.3) is 10.9 Å². The molecule has 6 nitrogen and oxygen atoms in total. The summed E-state index contributed by atoms with van der Waals surface area (Å²) in [5, 5.41) is 11.8. The molecule has 118 valence electrons. The van der Waals surface area contributed by atoms with Crippen LogP contribution < -0.4 is 0 Å². The lowest BCUT2D eigenvalue weighted by molar-refractivity contribution is -0.385. The standard InChI is InChI=1S/C18H12N2O4/c21-18-14-9-11-4-1-2-7-15(11)19-16(14)10-17(24-18)12-5-3-6-13(8-12)20(22)23/h1-9,17H,10H2. The number of hydrogen-bond donors (Lipinski definition) is 0. The Morgan fingerprint density at radius 2 is 1.96 bits per heavy atom. The van der Waals surface area contributed by atoms with Crippen molar-refractivity contribution in [1.82, 2.24) is 4.98 Å². The summed E-state index contributed by atoms with van der Waals surface area (Å²) in [4.78, 5) is 27.4. The van der Waals surface area contributed by atoms with Gasteiger partial charge in [-0.05, 0) is 17.7 Å². The highest BCUT2D eigenvalue weighted by molar-refractivity contribution is 5.96. The lowest BCUT2D eigenvalue weighted by Crippen LogP contribution is -2.23. The Hall–Kier alpha value is -3.28. The van der Waals surface area contributed by atoms with E-state index in [9.17, 15) is 14.9 Å². The van der Waals surface area contributed by atoms with Crippen LogP contribution in [0.15, 0.2) is 54.6 Å². The largest absolute Gasteiger partial charge is 0.453 e. The van der Waals surface area contributed by atoms with Gasteiger partial charge in [-0.15, -0.1) is 0 Å². The lowest BCUT2D eigenvalue weighted by Gasteiger charge is -2.24. The number of fused-ring (bicyclic) bond motifs is 2. The molecule has 0 bridgehead atoms. The van der Waals surface area contributed by atoms with E-state index in [1.165, 1.54) is 12.1 Å². The van der Waals surface area contributed by atoms with E-state index in [4.69, 9.17) is 4.74 Å². The molecule has 0 amide bonds. The summed E-state index contributed by atoms with van der Waals surface area (Å²) in [5.74, 6) is -0.453. The number of aromatic nitrogens is 1. The number of esters is 1. The van der Waals surface area contributed by atoms with Crippen LogP contribution in [0, 0.1) is 10.1 Å². The molecule has 1 aliphatic heterocycles. The fourth-order valence-corrected chi connectivity index (χ4v) is 2.92. The zero-order valence-electron chi connectivity index (χ0n) is 12.5. The number of para-hydroxylation sites is 1. The smallest absolute Gasteiger partial charge is 0.340 e. The van der Waals surface area contributed by atoms with Gasteiger partial charge in [0.1, 0.15) is 6.10 Å². The maximum atomic E-state index is 12.3. The summed E-state index contributed by atoms with van der Waals surface area (Å²) in [5.41, 5.74) is 2.49. The van der Waals surface area contributed by atoms with Gasteiger partial charge in [-0.3, -0.25) is 15.1 Å². The predicted octanol–water partition coefficient (Wildman–Crippen LogP) is 3.60. The number of nitro benzene ring substituents is 1. The molecule has 1 atom stereocenters. The molecular formula is C18H12N2O4. The van der Waals surface area contributed by atoms with Crippen LogP contribution in [0.1, 0.15) is 27.7 Å². The summed E-state index contributed by atoms with van der Waals surface area (Å²) in [6.07, 6.45) is -0.175. The number of ether oxygens (including phenoxy) is 1. The summed E-state index contributed by atoms with van der Waals surface area (Å²) < 4.78 is 5.48.